The Kier molecular flexibility index (Phi) is 12.8. The maximum absolute atomic E-state index is 16.0. The number of carbonyl (C=O) groups excluding carboxylic acids is 3. The molecule has 0 radical (unpaired) electrons. The number of amides is 2. The van der Waals surface area contributed by atoms with Crippen LogP contribution >= 0.6 is 11.6 Å². The number of sulfonamides is 1. The van der Waals surface area contributed by atoms with Crippen LogP contribution in [0.2, 0.25) is 5.02 Å². The lowest BCUT2D eigenvalue weighted by atomic mass is 9.74. The van der Waals surface area contributed by atoms with E-state index < -0.39 is 57.2 Å². The van der Waals surface area contributed by atoms with Crippen LogP contribution in [0.5, 0.6) is 0 Å². The third-order valence-electron chi connectivity index (χ3n) is 11.0. The van der Waals surface area contributed by atoms with Gasteiger partial charge in [-0.2, -0.15) is 4.31 Å². The molecule has 0 unspecified atom stereocenters. The van der Waals surface area contributed by atoms with Gasteiger partial charge in [-0.25, -0.2) is 22.4 Å². The molecule has 1 saturated carbocycles. The number of methoxy groups -OCH3 is 1. The zero-order valence-electron chi connectivity index (χ0n) is 32.3. The Labute approximate surface area is 333 Å². The van der Waals surface area contributed by atoms with E-state index in [0.717, 1.165) is 5.56 Å². The number of hydrogen-bond donors (Lipinski definition) is 1. The molecule has 3 atom stereocenters. The first-order valence-electron chi connectivity index (χ1n) is 19.2. The standard InChI is InChI=1S/C42H51ClFN3O8S/c1-41(2,3)55-40(50)46-26-32(47(42(27-46)21-22-42)56(51,52)33-10-6-5-7-11-33)17-18-34-30(9-8-12-35(34)44)25-36(48)38(45-39(49)53-4)37(29-19-23-54-24-20-29)28-13-15-31(43)16-14-28/h5-16,29,32,37-38H,17-27H2,1-4H3,(H,45,49)/t32-,37-,38+/m0/s1. The van der Waals surface area contributed by atoms with Gasteiger partial charge in [0.15, 0.2) is 5.78 Å². The average Bonchev–Trinajstić information content (AvgIpc) is 3.92. The fourth-order valence-electron chi connectivity index (χ4n) is 8.27. The summed E-state index contributed by atoms with van der Waals surface area (Å²) in [5.74, 6) is -1.35. The van der Waals surface area contributed by atoms with E-state index in [-0.39, 0.29) is 54.5 Å². The quantitative estimate of drug-likeness (QED) is 0.202. The molecule has 1 spiro atoms. The first kappa shape index (κ1) is 41.6. The lowest BCUT2D eigenvalue weighted by Gasteiger charge is -2.46. The summed E-state index contributed by atoms with van der Waals surface area (Å²) in [5, 5.41) is 3.33. The van der Waals surface area contributed by atoms with Crippen LogP contribution in [0, 0.1) is 11.7 Å². The number of nitrogens with one attached hydrogen (secondary N) is 1. The smallest absolute Gasteiger partial charge is 0.410 e. The fourth-order valence-corrected chi connectivity index (χ4v) is 10.4. The van der Waals surface area contributed by atoms with Crippen molar-refractivity contribution in [1.29, 1.82) is 0 Å². The Bertz CT molecular complexity index is 1980. The van der Waals surface area contributed by atoms with Gasteiger partial charge in [-0.15, -0.1) is 0 Å². The summed E-state index contributed by atoms with van der Waals surface area (Å²) < 4.78 is 62.6. The predicted octanol–water partition coefficient (Wildman–Crippen LogP) is 7.30. The molecule has 3 aromatic rings. The van der Waals surface area contributed by atoms with Gasteiger partial charge in [0, 0.05) is 49.7 Å². The third kappa shape index (κ3) is 9.55. The topological polar surface area (TPSA) is 132 Å². The molecule has 2 amide bonds. The number of benzene rings is 3. The summed E-state index contributed by atoms with van der Waals surface area (Å²) in [6.45, 7) is 6.57. The summed E-state index contributed by atoms with van der Waals surface area (Å²) in [4.78, 5) is 42.5. The second kappa shape index (κ2) is 17.2. The van der Waals surface area contributed by atoms with E-state index in [1.165, 1.54) is 19.2 Å². The van der Waals surface area contributed by atoms with E-state index in [9.17, 15) is 22.8 Å². The van der Waals surface area contributed by atoms with Crippen molar-refractivity contribution in [3.05, 3.63) is 100 Å². The molecule has 2 saturated heterocycles. The average molecular weight is 812 g/mol. The van der Waals surface area contributed by atoms with Crippen molar-refractivity contribution < 1.29 is 41.4 Å². The molecule has 302 valence electrons. The molecule has 1 N–H and O–H groups in total. The van der Waals surface area contributed by atoms with E-state index in [0.29, 0.717) is 49.5 Å². The number of piperazine rings is 1. The van der Waals surface area contributed by atoms with Crippen molar-refractivity contribution in [2.75, 3.05) is 33.4 Å². The van der Waals surface area contributed by atoms with Crippen molar-refractivity contribution >= 4 is 39.6 Å². The number of ether oxygens (including phenoxy) is 3. The molecule has 2 aliphatic heterocycles. The maximum Gasteiger partial charge on any atom is 0.410 e. The minimum absolute atomic E-state index is 0.0190. The van der Waals surface area contributed by atoms with Crippen LogP contribution in [0.1, 0.15) is 75.5 Å². The van der Waals surface area contributed by atoms with Crippen molar-refractivity contribution in [3.8, 4) is 0 Å². The zero-order chi connectivity index (χ0) is 40.3. The Balaban J connectivity index is 1.31. The molecular formula is C42H51ClFN3O8S. The second-order valence-electron chi connectivity index (χ2n) is 16.1. The van der Waals surface area contributed by atoms with Crippen LogP contribution in [-0.2, 0) is 41.9 Å². The number of ketones is 1. The van der Waals surface area contributed by atoms with Gasteiger partial charge in [0.05, 0.1) is 23.6 Å². The van der Waals surface area contributed by atoms with Crippen molar-refractivity contribution in [2.24, 2.45) is 5.92 Å². The van der Waals surface area contributed by atoms with Gasteiger partial charge in [0.1, 0.15) is 11.4 Å². The normalized spacial score (nSPS) is 19.9. The highest BCUT2D eigenvalue weighted by molar-refractivity contribution is 7.89. The number of hydrogen-bond acceptors (Lipinski definition) is 8. The molecular weight excluding hydrogens is 761 g/mol. The van der Waals surface area contributed by atoms with Gasteiger partial charge in [-0.05, 0) is 112 Å². The number of halogens is 2. The van der Waals surface area contributed by atoms with Gasteiger partial charge in [-0.3, -0.25) is 4.79 Å². The van der Waals surface area contributed by atoms with E-state index in [1.54, 1.807) is 78.5 Å². The zero-order valence-corrected chi connectivity index (χ0v) is 33.9. The highest BCUT2D eigenvalue weighted by atomic mass is 35.5. The molecule has 3 aliphatic rings. The van der Waals surface area contributed by atoms with Crippen molar-refractivity contribution in [2.45, 2.75) is 99.8 Å². The number of carbonyl (C=O) groups is 3. The van der Waals surface area contributed by atoms with Gasteiger partial charge in [0.2, 0.25) is 10.0 Å². The molecule has 6 rings (SSSR count). The van der Waals surface area contributed by atoms with E-state index in [2.05, 4.69) is 5.32 Å². The number of Topliss-reactive ketones (excluding diaryl/α,β-unsaturated/α-hetero) is 1. The molecule has 0 aromatic heterocycles. The maximum atomic E-state index is 16.0. The fraction of sp³-hybridized carbons (Fsp3) is 0.500. The summed E-state index contributed by atoms with van der Waals surface area (Å²) in [7, 11) is -2.79. The van der Waals surface area contributed by atoms with Gasteiger partial charge < -0.3 is 24.4 Å². The van der Waals surface area contributed by atoms with E-state index >= 15 is 4.39 Å². The Hall–Kier alpha value is -4.04. The number of alkyl carbamates (subject to hydrolysis) is 1. The molecule has 56 heavy (non-hydrogen) atoms. The largest absolute Gasteiger partial charge is 0.453 e. The van der Waals surface area contributed by atoms with Crippen LogP contribution in [-0.4, -0.2) is 92.2 Å². The van der Waals surface area contributed by atoms with Crippen LogP contribution in [0.15, 0.2) is 77.7 Å². The van der Waals surface area contributed by atoms with Gasteiger partial charge >= 0.3 is 12.2 Å². The second-order valence-corrected chi connectivity index (χ2v) is 18.3. The summed E-state index contributed by atoms with van der Waals surface area (Å²) >= 11 is 6.24. The summed E-state index contributed by atoms with van der Waals surface area (Å²) in [5.41, 5.74) is -0.0785. The molecule has 1 aliphatic carbocycles. The minimum Gasteiger partial charge on any atom is -0.453 e. The van der Waals surface area contributed by atoms with Crippen LogP contribution < -0.4 is 5.32 Å². The molecule has 11 nitrogen and oxygen atoms in total. The Morgan fingerprint density at radius 2 is 1.68 bits per heavy atom. The third-order valence-corrected chi connectivity index (χ3v) is 13.3. The Morgan fingerprint density at radius 3 is 2.30 bits per heavy atom. The lowest BCUT2D eigenvalue weighted by Crippen LogP contribution is -2.63. The van der Waals surface area contributed by atoms with Crippen molar-refractivity contribution in [1.82, 2.24) is 14.5 Å². The van der Waals surface area contributed by atoms with Crippen LogP contribution in [0.25, 0.3) is 0 Å². The molecule has 3 aromatic carbocycles. The highest BCUT2D eigenvalue weighted by Gasteiger charge is 2.60. The molecule has 2 heterocycles. The predicted molar refractivity (Wildman–Crippen MR) is 210 cm³/mol. The summed E-state index contributed by atoms with van der Waals surface area (Å²) in [6.07, 6.45) is 1.17. The molecule has 0 bridgehead atoms. The highest BCUT2D eigenvalue weighted by Crippen LogP contribution is 2.49. The lowest BCUT2D eigenvalue weighted by molar-refractivity contribution is -0.121. The minimum atomic E-state index is -4.02. The summed E-state index contributed by atoms with van der Waals surface area (Å²) in [6, 6.07) is 18.2. The van der Waals surface area contributed by atoms with E-state index in [1.807, 2.05) is 12.1 Å². The number of nitrogens with zero attached hydrogens (tertiary/aromatic N) is 2. The van der Waals surface area contributed by atoms with Crippen LogP contribution in [0.4, 0.5) is 14.0 Å². The van der Waals surface area contributed by atoms with E-state index in [4.69, 9.17) is 25.8 Å². The Morgan fingerprint density at radius 1 is 1.00 bits per heavy atom. The molecule has 14 heteroatoms. The van der Waals surface area contributed by atoms with Gasteiger partial charge in [-0.1, -0.05) is 54.1 Å². The first-order valence-corrected chi connectivity index (χ1v) is 21.0. The first-order chi connectivity index (χ1) is 26.6. The number of rotatable bonds is 12. The SMILES string of the molecule is COC(=O)N[C@H](C(=O)Cc1cccc(F)c1CC[C@H]1CN(C(=O)OC(C)(C)C)CC2(CC2)N1S(=O)(=O)c1ccccc1)[C@@H](c1ccc(Cl)cc1)C1CCOCC1. The van der Waals surface area contributed by atoms with Crippen LogP contribution in [0.3, 0.4) is 0 Å². The molecule has 3 fully saturated rings. The monoisotopic (exact) mass is 811 g/mol. The van der Waals surface area contributed by atoms with Gasteiger partial charge in [0.25, 0.3) is 0 Å². The van der Waals surface area contributed by atoms with Crippen molar-refractivity contribution in [3.63, 3.8) is 0 Å².